The van der Waals surface area contributed by atoms with Gasteiger partial charge in [-0.25, -0.2) is 0 Å². The van der Waals surface area contributed by atoms with E-state index in [1.165, 1.54) is 12.1 Å². The Morgan fingerprint density at radius 3 is 2.89 bits per heavy atom. The third-order valence-electron chi connectivity index (χ3n) is 2.81. The van der Waals surface area contributed by atoms with E-state index in [4.69, 9.17) is 9.47 Å². The maximum Gasteiger partial charge on any atom is 0.335 e. The molecule has 1 heterocycles. The first-order valence-corrected chi connectivity index (χ1v) is 7.15. The minimum atomic E-state index is -4.77. The number of ether oxygens (including phenoxy) is 2. The molecule has 0 aromatic heterocycles. The van der Waals surface area contributed by atoms with Gasteiger partial charge in [0, 0.05) is 6.61 Å². The Kier molecular flexibility index (Phi) is 3.87. The molecule has 1 unspecified atom stereocenters. The molecule has 4 nitrogen and oxygen atoms in total. The van der Waals surface area contributed by atoms with Gasteiger partial charge in [-0.2, -0.15) is 8.42 Å². The average molecular weight is 274 g/mol. The van der Waals surface area contributed by atoms with Gasteiger partial charge in [-0.3, -0.25) is 0 Å². The Balaban J connectivity index is 2.16. The normalized spacial score (nSPS) is 20.0. The smallest absolute Gasteiger partial charge is 0.335 e. The van der Waals surface area contributed by atoms with Crippen molar-refractivity contribution < 1.29 is 21.8 Å². The largest absolute Gasteiger partial charge is 0.489 e. The van der Waals surface area contributed by atoms with E-state index >= 15 is 0 Å². The van der Waals surface area contributed by atoms with Gasteiger partial charge in [-0.05, 0) is 37.5 Å². The Morgan fingerprint density at radius 1 is 1.50 bits per heavy atom. The highest BCUT2D eigenvalue weighted by atomic mass is 32.3. The first-order valence-electron chi connectivity index (χ1n) is 5.76. The Morgan fingerprint density at radius 2 is 2.28 bits per heavy atom. The zero-order valence-electron chi connectivity index (χ0n) is 10.1. The molecule has 1 fully saturated rings. The van der Waals surface area contributed by atoms with Gasteiger partial charge in [0.15, 0.2) is 0 Å². The highest BCUT2D eigenvalue weighted by molar-refractivity contribution is 7.86. The third kappa shape index (κ3) is 3.20. The molecule has 100 valence electrons. The molecular weight excluding hydrogens is 259 g/mol. The van der Waals surface area contributed by atoms with E-state index in [-0.39, 0.29) is 18.5 Å². The quantitative estimate of drug-likeness (QED) is 0.790. The molecule has 1 aliphatic rings. The summed E-state index contributed by atoms with van der Waals surface area (Å²) in [5.41, 5.74) is 0.663. The van der Waals surface area contributed by atoms with Gasteiger partial charge in [0.25, 0.3) is 0 Å². The minimum Gasteiger partial charge on any atom is -0.489 e. The van der Waals surface area contributed by atoms with Gasteiger partial charge in [-0.15, -0.1) is 3.89 Å². The molecule has 2 rings (SSSR count). The summed E-state index contributed by atoms with van der Waals surface area (Å²) in [6, 6.07) is 4.41. The molecule has 0 radical (unpaired) electrons. The van der Waals surface area contributed by atoms with Crippen LogP contribution in [0, 0.1) is 6.92 Å². The lowest BCUT2D eigenvalue weighted by Gasteiger charge is -2.13. The number of aryl methyl sites for hydroxylation is 1. The lowest BCUT2D eigenvalue weighted by molar-refractivity contribution is 0.0669. The van der Waals surface area contributed by atoms with Gasteiger partial charge in [0.05, 0.1) is 6.10 Å². The monoisotopic (exact) mass is 274 g/mol. The van der Waals surface area contributed by atoms with E-state index < -0.39 is 15.1 Å². The molecule has 1 aromatic carbocycles. The summed E-state index contributed by atoms with van der Waals surface area (Å²) in [4.78, 5) is -0.416. The predicted molar refractivity (Wildman–Crippen MR) is 63.9 cm³/mol. The molecule has 0 amide bonds. The predicted octanol–water partition coefficient (Wildman–Crippen LogP) is 2.21. The van der Waals surface area contributed by atoms with Crippen LogP contribution in [0.3, 0.4) is 0 Å². The highest BCUT2D eigenvalue weighted by Crippen LogP contribution is 2.27. The van der Waals surface area contributed by atoms with Crippen molar-refractivity contribution in [2.45, 2.75) is 30.8 Å². The van der Waals surface area contributed by atoms with Gasteiger partial charge in [0.1, 0.15) is 17.3 Å². The number of hydrogen-bond donors (Lipinski definition) is 0. The molecule has 0 bridgehead atoms. The molecule has 0 saturated carbocycles. The van der Waals surface area contributed by atoms with Crippen molar-refractivity contribution in [2.75, 3.05) is 13.2 Å². The number of hydrogen-bond acceptors (Lipinski definition) is 4. The molecule has 0 spiro atoms. The number of halogens is 1. The minimum absolute atomic E-state index is 0.0403. The second-order valence-electron chi connectivity index (χ2n) is 4.33. The highest BCUT2D eigenvalue weighted by Gasteiger charge is 2.21. The second kappa shape index (κ2) is 5.24. The van der Waals surface area contributed by atoms with Crippen LogP contribution in [-0.2, 0) is 15.0 Å². The molecule has 1 saturated heterocycles. The summed E-state index contributed by atoms with van der Waals surface area (Å²) in [7, 11) is -4.77. The first-order chi connectivity index (χ1) is 8.47. The van der Waals surface area contributed by atoms with Crippen LogP contribution in [0.15, 0.2) is 23.1 Å². The fraction of sp³-hybridized carbons (Fsp3) is 0.500. The third-order valence-corrected chi connectivity index (χ3v) is 3.66. The maximum atomic E-state index is 13.1. The van der Waals surface area contributed by atoms with Crippen LogP contribution in [0.25, 0.3) is 0 Å². The molecule has 1 aliphatic heterocycles. The fourth-order valence-electron chi connectivity index (χ4n) is 1.88. The van der Waals surface area contributed by atoms with Crippen molar-refractivity contribution >= 4 is 10.2 Å². The molecule has 1 atom stereocenters. The van der Waals surface area contributed by atoms with Gasteiger partial charge in [-0.1, -0.05) is 6.07 Å². The summed E-state index contributed by atoms with van der Waals surface area (Å²) >= 11 is 0. The van der Waals surface area contributed by atoms with E-state index in [0.29, 0.717) is 12.2 Å². The summed E-state index contributed by atoms with van der Waals surface area (Å²) in [6.07, 6.45) is 1.81. The van der Waals surface area contributed by atoms with Crippen molar-refractivity contribution in [2.24, 2.45) is 0 Å². The van der Waals surface area contributed by atoms with Gasteiger partial charge >= 0.3 is 10.2 Å². The lowest BCUT2D eigenvalue weighted by atomic mass is 10.2. The standard InChI is InChI=1S/C12H15FO4S/c1-9-4-5-11(12(7-9)18(13,14)15)17-8-10-3-2-6-16-10/h4-5,7,10H,2-3,6,8H2,1H3. The van der Waals surface area contributed by atoms with Crippen molar-refractivity contribution in [3.63, 3.8) is 0 Å². The Hall–Kier alpha value is -1.14. The molecular formula is C12H15FO4S. The summed E-state index contributed by atoms with van der Waals surface area (Å²) in [5.74, 6) is 0.0404. The van der Waals surface area contributed by atoms with Crippen LogP contribution in [0.4, 0.5) is 3.89 Å². The van der Waals surface area contributed by atoms with Crippen molar-refractivity contribution in [1.29, 1.82) is 0 Å². The van der Waals surface area contributed by atoms with E-state index in [9.17, 15) is 12.3 Å². The van der Waals surface area contributed by atoms with Crippen LogP contribution in [0.2, 0.25) is 0 Å². The van der Waals surface area contributed by atoms with Crippen LogP contribution < -0.4 is 4.74 Å². The fourth-order valence-corrected chi connectivity index (χ4v) is 2.58. The maximum absolute atomic E-state index is 13.1. The molecule has 6 heteroatoms. The van der Waals surface area contributed by atoms with Crippen molar-refractivity contribution in [3.05, 3.63) is 23.8 Å². The zero-order valence-corrected chi connectivity index (χ0v) is 10.9. The van der Waals surface area contributed by atoms with Crippen LogP contribution in [-0.4, -0.2) is 27.7 Å². The van der Waals surface area contributed by atoms with Crippen molar-refractivity contribution in [3.8, 4) is 5.75 Å². The summed E-state index contributed by atoms with van der Waals surface area (Å²) < 4.78 is 45.9. The number of benzene rings is 1. The van der Waals surface area contributed by atoms with E-state index in [2.05, 4.69) is 0 Å². The molecule has 0 aliphatic carbocycles. The molecule has 0 N–H and O–H groups in total. The summed E-state index contributed by atoms with van der Waals surface area (Å²) in [6.45, 7) is 2.63. The van der Waals surface area contributed by atoms with Gasteiger partial charge < -0.3 is 9.47 Å². The van der Waals surface area contributed by atoms with Crippen LogP contribution in [0.1, 0.15) is 18.4 Å². The first kappa shape index (κ1) is 13.3. The van der Waals surface area contributed by atoms with Crippen LogP contribution >= 0.6 is 0 Å². The SMILES string of the molecule is Cc1ccc(OCC2CCCO2)c(S(=O)(=O)F)c1. The van der Waals surface area contributed by atoms with Crippen molar-refractivity contribution in [1.82, 2.24) is 0 Å². The lowest BCUT2D eigenvalue weighted by Crippen LogP contribution is -2.17. The Bertz CT molecular complexity index is 521. The number of rotatable bonds is 4. The topological polar surface area (TPSA) is 52.6 Å². The van der Waals surface area contributed by atoms with Gasteiger partial charge in [0.2, 0.25) is 0 Å². The molecule has 18 heavy (non-hydrogen) atoms. The average Bonchev–Trinajstić information content (AvgIpc) is 2.79. The van der Waals surface area contributed by atoms with Crippen LogP contribution in [0.5, 0.6) is 5.75 Å². The molecule has 1 aromatic rings. The van der Waals surface area contributed by atoms with E-state index in [1.54, 1.807) is 13.0 Å². The van der Waals surface area contributed by atoms with E-state index in [0.717, 1.165) is 12.8 Å². The zero-order chi connectivity index (χ0) is 13.2. The Labute approximate surface area is 106 Å². The van der Waals surface area contributed by atoms with E-state index in [1.807, 2.05) is 0 Å². The second-order valence-corrected chi connectivity index (χ2v) is 5.65. The summed E-state index contributed by atoms with van der Waals surface area (Å²) in [5, 5.41) is 0.